The summed E-state index contributed by atoms with van der Waals surface area (Å²) in [4.78, 5) is 28.6. The maximum Gasteiger partial charge on any atom is 0.294 e. The summed E-state index contributed by atoms with van der Waals surface area (Å²) >= 11 is 6.10. The molecule has 0 radical (unpaired) electrons. The number of Topliss-reactive ketones (excluding diaryl/α,β-unsaturated/α-hetero) is 1. The number of anilines is 1. The van der Waals surface area contributed by atoms with Gasteiger partial charge in [0.25, 0.3) is 5.91 Å². The lowest BCUT2D eigenvalue weighted by Gasteiger charge is -2.28. The average molecular weight is 516 g/mol. The highest BCUT2D eigenvalue weighted by atomic mass is 35.5. The van der Waals surface area contributed by atoms with Crippen molar-refractivity contribution in [1.29, 1.82) is 0 Å². The molecule has 0 saturated heterocycles. The minimum absolute atomic E-state index is 0.0134. The zero-order valence-electron chi connectivity index (χ0n) is 20.9. The predicted octanol–water partition coefficient (Wildman–Crippen LogP) is 7.18. The number of benzene rings is 3. The summed E-state index contributed by atoms with van der Waals surface area (Å²) in [5, 5.41) is 12.2. The van der Waals surface area contributed by atoms with E-state index in [1.54, 1.807) is 55.6 Å². The van der Waals surface area contributed by atoms with Crippen LogP contribution in [0.15, 0.2) is 88.5 Å². The molecule has 4 aromatic rings. The summed E-state index contributed by atoms with van der Waals surface area (Å²) < 4.78 is 11.1. The molecule has 1 aliphatic heterocycles. The molecule has 0 bridgehead atoms. The number of nitrogens with zero attached hydrogens (tertiary/aromatic N) is 1. The molecular weight excluding hydrogens is 490 g/mol. The summed E-state index contributed by atoms with van der Waals surface area (Å²) in [5.41, 5.74) is 2.66. The first-order chi connectivity index (χ1) is 17.6. The van der Waals surface area contributed by atoms with Crippen molar-refractivity contribution in [2.75, 3.05) is 12.0 Å². The Balaban J connectivity index is 1.64. The molecule has 0 saturated carbocycles. The van der Waals surface area contributed by atoms with Gasteiger partial charge in [-0.1, -0.05) is 56.6 Å². The molecule has 7 heteroatoms. The van der Waals surface area contributed by atoms with Crippen LogP contribution in [-0.4, -0.2) is 23.9 Å². The molecule has 6 nitrogen and oxygen atoms in total. The number of ketones is 1. The number of furan rings is 1. The summed E-state index contributed by atoms with van der Waals surface area (Å²) in [6.45, 7) is 6.33. The summed E-state index contributed by atoms with van der Waals surface area (Å²) in [5.74, 6) is -1.21. The zero-order valence-corrected chi connectivity index (χ0v) is 21.7. The number of aliphatic hydroxyl groups excluding tert-OH is 1. The van der Waals surface area contributed by atoms with Crippen molar-refractivity contribution in [3.05, 3.63) is 106 Å². The number of fused-ring (bicyclic) bond motifs is 1. The number of hydrogen-bond donors (Lipinski definition) is 1. The molecule has 1 unspecified atom stereocenters. The van der Waals surface area contributed by atoms with Gasteiger partial charge in [-0.2, -0.15) is 0 Å². The van der Waals surface area contributed by atoms with Gasteiger partial charge < -0.3 is 14.3 Å². The van der Waals surface area contributed by atoms with Crippen LogP contribution < -0.4 is 9.64 Å². The molecule has 2 heterocycles. The van der Waals surface area contributed by atoms with E-state index in [0.717, 1.165) is 5.56 Å². The molecule has 1 aliphatic rings. The lowest BCUT2D eigenvalue weighted by molar-refractivity contribution is -0.117. The zero-order chi connectivity index (χ0) is 26.5. The molecule has 1 amide bonds. The van der Waals surface area contributed by atoms with Gasteiger partial charge in [-0.05, 0) is 65.1 Å². The second-order valence-corrected chi connectivity index (χ2v) is 10.5. The van der Waals surface area contributed by atoms with Crippen LogP contribution in [0.1, 0.15) is 48.5 Å². The van der Waals surface area contributed by atoms with Crippen molar-refractivity contribution in [1.82, 2.24) is 0 Å². The molecular formula is C30H26ClNO5. The van der Waals surface area contributed by atoms with E-state index in [1.807, 2.05) is 24.3 Å². The molecule has 37 heavy (non-hydrogen) atoms. The van der Waals surface area contributed by atoms with Gasteiger partial charge in [-0.3, -0.25) is 14.5 Å². The standard InChI is InChI=1S/C30H26ClNO5/c1-30(2,3)19-7-5-17(6-8-19)26-25(27(33)24-16-18-15-20(31)9-14-23(18)37-24)28(34)29(35)32(26)21-10-12-22(36-4)13-11-21/h5-16,26,34H,1-4H3. The lowest BCUT2D eigenvalue weighted by atomic mass is 9.85. The third-order valence-electron chi connectivity index (χ3n) is 6.60. The Morgan fingerprint density at radius 3 is 2.30 bits per heavy atom. The van der Waals surface area contributed by atoms with Crippen LogP contribution in [0.2, 0.25) is 5.02 Å². The number of amides is 1. The molecule has 1 N–H and O–H groups in total. The number of ether oxygens (including phenoxy) is 1. The van der Waals surface area contributed by atoms with Crippen LogP contribution in [0.3, 0.4) is 0 Å². The van der Waals surface area contributed by atoms with Crippen molar-refractivity contribution in [2.45, 2.75) is 32.2 Å². The van der Waals surface area contributed by atoms with E-state index in [-0.39, 0.29) is 16.7 Å². The van der Waals surface area contributed by atoms with Crippen LogP contribution in [0.4, 0.5) is 5.69 Å². The van der Waals surface area contributed by atoms with Gasteiger partial charge in [0.2, 0.25) is 5.78 Å². The largest absolute Gasteiger partial charge is 0.503 e. The number of methoxy groups -OCH3 is 1. The lowest BCUT2D eigenvalue weighted by Crippen LogP contribution is -2.31. The second kappa shape index (κ2) is 9.12. The van der Waals surface area contributed by atoms with E-state index in [9.17, 15) is 14.7 Å². The van der Waals surface area contributed by atoms with Crippen LogP contribution in [0.25, 0.3) is 11.0 Å². The summed E-state index contributed by atoms with van der Waals surface area (Å²) in [6.07, 6.45) is 0. The maximum absolute atomic E-state index is 13.8. The Labute approximate surface area is 219 Å². The van der Waals surface area contributed by atoms with Crippen LogP contribution in [0.5, 0.6) is 5.75 Å². The van der Waals surface area contributed by atoms with Crippen molar-refractivity contribution in [3.63, 3.8) is 0 Å². The third kappa shape index (κ3) is 4.38. The Morgan fingerprint density at radius 2 is 1.68 bits per heavy atom. The smallest absolute Gasteiger partial charge is 0.294 e. The molecule has 0 aliphatic carbocycles. The van der Waals surface area contributed by atoms with Gasteiger partial charge >= 0.3 is 0 Å². The first kappa shape index (κ1) is 24.7. The number of halogens is 1. The van der Waals surface area contributed by atoms with Crippen molar-refractivity contribution in [3.8, 4) is 5.75 Å². The van der Waals surface area contributed by atoms with Crippen LogP contribution in [0, 0.1) is 0 Å². The molecule has 0 fully saturated rings. The molecule has 188 valence electrons. The summed E-state index contributed by atoms with van der Waals surface area (Å²) in [6, 6.07) is 20.4. The highest BCUT2D eigenvalue weighted by Gasteiger charge is 2.45. The van der Waals surface area contributed by atoms with E-state index in [0.29, 0.717) is 33.0 Å². The van der Waals surface area contributed by atoms with Gasteiger partial charge in [0.15, 0.2) is 11.5 Å². The number of carbonyl (C=O) groups is 2. The van der Waals surface area contributed by atoms with Gasteiger partial charge in [0.05, 0.1) is 18.7 Å². The van der Waals surface area contributed by atoms with Gasteiger partial charge in [0.1, 0.15) is 11.3 Å². The quantitative estimate of drug-likeness (QED) is 0.285. The minimum Gasteiger partial charge on any atom is -0.503 e. The predicted molar refractivity (Wildman–Crippen MR) is 144 cm³/mol. The SMILES string of the molecule is COc1ccc(N2C(=O)C(O)=C(C(=O)c3cc4cc(Cl)ccc4o3)C2c2ccc(C(C)(C)C)cc2)cc1. The van der Waals surface area contributed by atoms with Crippen LogP contribution >= 0.6 is 11.6 Å². The third-order valence-corrected chi connectivity index (χ3v) is 6.83. The first-order valence-electron chi connectivity index (χ1n) is 11.8. The fraction of sp³-hybridized carbons (Fsp3) is 0.200. The Bertz CT molecular complexity index is 1540. The van der Waals surface area contributed by atoms with Gasteiger partial charge in [-0.15, -0.1) is 0 Å². The highest BCUT2D eigenvalue weighted by molar-refractivity contribution is 6.31. The van der Waals surface area contributed by atoms with E-state index in [1.165, 1.54) is 4.90 Å². The molecule has 1 aromatic heterocycles. The van der Waals surface area contributed by atoms with E-state index in [4.69, 9.17) is 20.8 Å². The minimum atomic E-state index is -0.862. The second-order valence-electron chi connectivity index (χ2n) is 10.0. The monoisotopic (exact) mass is 515 g/mol. The molecule has 5 rings (SSSR count). The van der Waals surface area contributed by atoms with E-state index < -0.39 is 23.5 Å². The Kier molecular flexibility index (Phi) is 6.08. The number of carbonyl (C=O) groups excluding carboxylic acids is 2. The molecule has 3 aromatic carbocycles. The van der Waals surface area contributed by atoms with E-state index >= 15 is 0 Å². The van der Waals surface area contributed by atoms with Crippen molar-refractivity contribution >= 4 is 39.9 Å². The number of aliphatic hydroxyl groups is 1. The first-order valence-corrected chi connectivity index (χ1v) is 12.2. The fourth-order valence-corrected chi connectivity index (χ4v) is 4.77. The van der Waals surface area contributed by atoms with Crippen molar-refractivity contribution < 1.29 is 23.8 Å². The molecule has 0 spiro atoms. The van der Waals surface area contributed by atoms with Gasteiger partial charge in [0, 0.05) is 16.1 Å². The highest BCUT2D eigenvalue weighted by Crippen LogP contribution is 2.43. The van der Waals surface area contributed by atoms with Crippen molar-refractivity contribution in [2.24, 2.45) is 0 Å². The number of hydrogen-bond acceptors (Lipinski definition) is 5. The number of rotatable bonds is 5. The fourth-order valence-electron chi connectivity index (χ4n) is 4.59. The Hall–Kier alpha value is -4.03. The van der Waals surface area contributed by atoms with Crippen LogP contribution in [-0.2, 0) is 10.2 Å². The van der Waals surface area contributed by atoms with Gasteiger partial charge in [-0.25, -0.2) is 0 Å². The summed E-state index contributed by atoms with van der Waals surface area (Å²) in [7, 11) is 1.56. The normalized spacial score (nSPS) is 16.1. The topological polar surface area (TPSA) is 80.0 Å². The molecule has 1 atom stereocenters. The average Bonchev–Trinajstić information content (AvgIpc) is 3.41. The Morgan fingerprint density at radius 1 is 1.00 bits per heavy atom. The maximum atomic E-state index is 13.8. The van der Waals surface area contributed by atoms with E-state index in [2.05, 4.69) is 20.8 Å².